The van der Waals surface area contributed by atoms with E-state index in [0.717, 1.165) is 23.7 Å². The predicted octanol–water partition coefficient (Wildman–Crippen LogP) is 4.68. The Labute approximate surface area is 130 Å². The standard InChI is InChI=1S/C14H15BrClNO3/c15-10-4-3-9(17(18)19)7-11(10)20-13-8-12(16)14(13)5-1-2-6-14/h3-4,7,12-13H,1-2,5-6,8H2. The molecule has 3 rings (SSSR count). The highest BCUT2D eigenvalue weighted by atomic mass is 79.9. The molecule has 2 atom stereocenters. The van der Waals surface area contributed by atoms with Crippen LogP contribution in [0.3, 0.4) is 0 Å². The van der Waals surface area contributed by atoms with Crippen LogP contribution in [0, 0.1) is 15.5 Å². The lowest BCUT2D eigenvalue weighted by molar-refractivity contribution is -0.385. The zero-order valence-corrected chi connectivity index (χ0v) is 13.2. The number of nitrogens with zero attached hydrogens (tertiary/aromatic N) is 1. The zero-order chi connectivity index (χ0) is 14.3. The van der Waals surface area contributed by atoms with E-state index in [-0.39, 0.29) is 22.6 Å². The van der Waals surface area contributed by atoms with Crippen molar-refractivity contribution in [3.05, 3.63) is 32.8 Å². The fourth-order valence-corrected chi connectivity index (χ4v) is 4.24. The van der Waals surface area contributed by atoms with Crippen molar-refractivity contribution in [1.29, 1.82) is 0 Å². The molecule has 0 saturated heterocycles. The lowest BCUT2D eigenvalue weighted by Gasteiger charge is -2.51. The number of halogens is 2. The van der Waals surface area contributed by atoms with Gasteiger partial charge in [-0.05, 0) is 34.8 Å². The molecule has 1 spiro atoms. The number of benzene rings is 1. The van der Waals surface area contributed by atoms with Gasteiger partial charge in [0.2, 0.25) is 0 Å². The molecule has 2 aliphatic carbocycles. The van der Waals surface area contributed by atoms with Crippen LogP contribution in [0.5, 0.6) is 5.75 Å². The topological polar surface area (TPSA) is 52.4 Å². The molecule has 2 aliphatic rings. The summed E-state index contributed by atoms with van der Waals surface area (Å²) in [5.41, 5.74) is 0.122. The van der Waals surface area contributed by atoms with Crippen molar-refractivity contribution in [2.75, 3.05) is 0 Å². The van der Waals surface area contributed by atoms with Gasteiger partial charge in [-0.2, -0.15) is 0 Å². The first-order chi connectivity index (χ1) is 9.53. The average Bonchev–Trinajstić information content (AvgIpc) is 2.92. The summed E-state index contributed by atoms with van der Waals surface area (Å²) in [6, 6.07) is 4.60. The molecule has 1 aromatic carbocycles. The highest BCUT2D eigenvalue weighted by Crippen LogP contribution is 2.57. The van der Waals surface area contributed by atoms with Crippen LogP contribution in [-0.2, 0) is 0 Å². The van der Waals surface area contributed by atoms with Crippen LogP contribution >= 0.6 is 27.5 Å². The molecule has 0 radical (unpaired) electrons. The minimum absolute atomic E-state index is 0.0467. The van der Waals surface area contributed by atoms with E-state index in [4.69, 9.17) is 16.3 Å². The third-order valence-electron chi connectivity index (χ3n) is 4.62. The summed E-state index contributed by atoms with van der Waals surface area (Å²) in [7, 11) is 0. The molecule has 0 amide bonds. The number of nitro benzene ring substituents is 1. The first-order valence-corrected chi connectivity index (χ1v) is 8.00. The van der Waals surface area contributed by atoms with Gasteiger partial charge in [0.05, 0.1) is 15.5 Å². The second-order valence-electron chi connectivity index (χ2n) is 5.62. The summed E-state index contributed by atoms with van der Waals surface area (Å²) in [5.74, 6) is 0.541. The highest BCUT2D eigenvalue weighted by Gasteiger charge is 2.57. The Morgan fingerprint density at radius 3 is 2.70 bits per heavy atom. The maximum atomic E-state index is 10.8. The summed E-state index contributed by atoms with van der Waals surface area (Å²) in [6.45, 7) is 0. The Morgan fingerprint density at radius 1 is 1.40 bits per heavy atom. The van der Waals surface area contributed by atoms with E-state index in [1.807, 2.05) is 0 Å². The van der Waals surface area contributed by atoms with Gasteiger partial charge < -0.3 is 4.74 Å². The SMILES string of the molecule is O=[N+]([O-])c1ccc(Br)c(OC2CC(Cl)C23CCCC3)c1. The van der Waals surface area contributed by atoms with Gasteiger partial charge in [0.1, 0.15) is 11.9 Å². The molecular weight excluding hydrogens is 346 g/mol. The number of non-ortho nitro benzene ring substituents is 1. The normalized spacial score (nSPS) is 27.3. The fraction of sp³-hybridized carbons (Fsp3) is 0.571. The Bertz CT molecular complexity index is 545. The Morgan fingerprint density at radius 2 is 2.10 bits per heavy atom. The molecule has 6 heteroatoms. The van der Waals surface area contributed by atoms with Crippen LogP contribution in [0.15, 0.2) is 22.7 Å². The minimum Gasteiger partial charge on any atom is -0.488 e. The van der Waals surface area contributed by atoms with Crippen LogP contribution < -0.4 is 4.74 Å². The summed E-state index contributed by atoms with van der Waals surface area (Å²) < 4.78 is 6.79. The van der Waals surface area contributed by atoms with E-state index >= 15 is 0 Å². The minimum atomic E-state index is -0.407. The van der Waals surface area contributed by atoms with Gasteiger partial charge in [-0.25, -0.2) is 0 Å². The average molecular weight is 361 g/mol. The van der Waals surface area contributed by atoms with Crippen molar-refractivity contribution >= 4 is 33.2 Å². The number of hydrogen-bond donors (Lipinski definition) is 0. The number of hydrogen-bond acceptors (Lipinski definition) is 3. The molecular formula is C14H15BrClNO3. The molecule has 0 heterocycles. The van der Waals surface area contributed by atoms with Gasteiger partial charge in [-0.3, -0.25) is 10.1 Å². The Balaban J connectivity index is 1.81. The van der Waals surface area contributed by atoms with Crippen molar-refractivity contribution in [3.8, 4) is 5.75 Å². The van der Waals surface area contributed by atoms with Gasteiger partial charge >= 0.3 is 0 Å². The second kappa shape index (κ2) is 5.19. The van der Waals surface area contributed by atoms with Crippen LogP contribution in [0.1, 0.15) is 32.1 Å². The maximum Gasteiger partial charge on any atom is 0.273 e. The van der Waals surface area contributed by atoms with Crippen molar-refractivity contribution in [1.82, 2.24) is 0 Å². The molecule has 20 heavy (non-hydrogen) atoms. The molecule has 2 saturated carbocycles. The third kappa shape index (κ3) is 2.21. The predicted molar refractivity (Wildman–Crippen MR) is 80.4 cm³/mol. The molecule has 4 nitrogen and oxygen atoms in total. The van der Waals surface area contributed by atoms with Crippen molar-refractivity contribution in [3.63, 3.8) is 0 Å². The highest BCUT2D eigenvalue weighted by molar-refractivity contribution is 9.10. The molecule has 1 aromatic rings. The van der Waals surface area contributed by atoms with Crippen molar-refractivity contribution in [2.45, 2.75) is 43.6 Å². The van der Waals surface area contributed by atoms with Crippen LogP contribution in [0.2, 0.25) is 0 Å². The monoisotopic (exact) mass is 359 g/mol. The largest absolute Gasteiger partial charge is 0.488 e. The first-order valence-electron chi connectivity index (χ1n) is 6.77. The molecule has 0 N–H and O–H groups in total. The van der Waals surface area contributed by atoms with E-state index in [0.29, 0.717) is 5.75 Å². The Hall–Kier alpha value is -0.810. The molecule has 108 valence electrons. The van der Waals surface area contributed by atoms with Crippen molar-refractivity contribution in [2.24, 2.45) is 5.41 Å². The molecule has 0 aliphatic heterocycles. The fourth-order valence-electron chi connectivity index (χ4n) is 3.38. The first kappa shape index (κ1) is 14.1. The lowest BCUT2D eigenvalue weighted by Crippen LogP contribution is -2.55. The molecule has 0 aromatic heterocycles. The second-order valence-corrected chi connectivity index (χ2v) is 7.00. The molecule has 2 unspecified atom stereocenters. The number of nitro groups is 1. The van der Waals surface area contributed by atoms with Crippen molar-refractivity contribution < 1.29 is 9.66 Å². The van der Waals surface area contributed by atoms with E-state index in [1.165, 1.54) is 25.0 Å². The molecule has 0 bridgehead atoms. The molecule has 2 fully saturated rings. The van der Waals surface area contributed by atoms with E-state index < -0.39 is 4.92 Å². The number of rotatable bonds is 3. The smallest absolute Gasteiger partial charge is 0.273 e. The summed E-state index contributed by atoms with van der Waals surface area (Å²) in [5, 5.41) is 11.0. The summed E-state index contributed by atoms with van der Waals surface area (Å²) in [6.07, 6.45) is 5.47. The third-order valence-corrected chi connectivity index (χ3v) is 5.88. The zero-order valence-electron chi connectivity index (χ0n) is 10.9. The van der Waals surface area contributed by atoms with E-state index in [1.54, 1.807) is 6.07 Å². The van der Waals surface area contributed by atoms with Gasteiger partial charge in [0, 0.05) is 23.3 Å². The quantitative estimate of drug-likeness (QED) is 0.447. The van der Waals surface area contributed by atoms with Crippen LogP contribution in [-0.4, -0.2) is 16.4 Å². The van der Waals surface area contributed by atoms with E-state index in [2.05, 4.69) is 15.9 Å². The number of ether oxygens (including phenoxy) is 1. The van der Waals surface area contributed by atoms with Gasteiger partial charge in [0.15, 0.2) is 0 Å². The van der Waals surface area contributed by atoms with Gasteiger partial charge in [0.25, 0.3) is 5.69 Å². The van der Waals surface area contributed by atoms with Crippen LogP contribution in [0.25, 0.3) is 0 Å². The number of alkyl halides is 1. The van der Waals surface area contributed by atoms with Gasteiger partial charge in [-0.1, -0.05) is 12.8 Å². The lowest BCUT2D eigenvalue weighted by atomic mass is 9.64. The van der Waals surface area contributed by atoms with Crippen LogP contribution in [0.4, 0.5) is 5.69 Å². The van der Waals surface area contributed by atoms with E-state index in [9.17, 15) is 10.1 Å². The summed E-state index contributed by atoms with van der Waals surface area (Å²) in [4.78, 5) is 10.4. The Kier molecular flexibility index (Phi) is 3.67. The van der Waals surface area contributed by atoms with Gasteiger partial charge in [-0.15, -0.1) is 11.6 Å². The maximum absolute atomic E-state index is 10.8. The summed E-state index contributed by atoms with van der Waals surface area (Å²) >= 11 is 9.79.